The van der Waals surface area contributed by atoms with Gasteiger partial charge in [-0.05, 0) is 30.7 Å². The molecule has 216 valence electrons. The van der Waals surface area contributed by atoms with Gasteiger partial charge in [0.25, 0.3) is 0 Å². The van der Waals surface area contributed by atoms with Gasteiger partial charge in [0, 0.05) is 19.4 Å². The zero-order valence-corrected chi connectivity index (χ0v) is 22.3. The highest BCUT2D eigenvalue weighted by molar-refractivity contribution is 5.94. The molecule has 4 unspecified atom stereocenters. The number of primary amides is 1. The fourth-order valence-corrected chi connectivity index (χ4v) is 3.49. The Morgan fingerprint density at radius 3 is 1.95 bits per heavy atom. The van der Waals surface area contributed by atoms with E-state index in [-0.39, 0.29) is 50.5 Å². The van der Waals surface area contributed by atoms with E-state index in [0.29, 0.717) is 0 Å². The molecule has 14 heteroatoms. The largest absolute Gasteiger partial charge is 0.480 e. The number of nitrogens with zero attached hydrogens (tertiary/aromatic N) is 1. The standard InChI is InChI=1S/C25H40N8O6/c1-14(2)20(27)23(37)33-18(13-15-7-4-3-5-8-15)22(36)31-16(9-6-12-30-25(28)29)21(35)32-17(24(38)39)10-11-19(26)34/h3-5,7-8,14,16-18,20H,6,9-13,27H2,1-2H3,(H2,26,34)(H,31,36)(H,32,35)(H,33,37)(H,38,39)(H4,28,29,30). The number of guanidine groups is 1. The van der Waals surface area contributed by atoms with Crippen molar-refractivity contribution in [3.8, 4) is 0 Å². The number of hydrogen-bond donors (Lipinski definition) is 8. The summed E-state index contributed by atoms with van der Waals surface area (Å²) >= 11 is 0. The van der Waals surface area contributed by atoms with Gasteiger partial charge < -0.3 is 44.0 Å². The molecule has 0 heterocycles. The second-order valence-electron chi connectivity index (χ2n) is 9.44. The smallest absolute Gasteiger partial charge is 0.326 e. The van der Waals surface area contributed by atoms with Gasteiger partial charge in [0.1, 0.15) is 18.1 Å². The third kappa shape index (κ3) is 12.7. The van der Waals surface area contributed by atoms with Gasteiger partial charge >= 0.3 is 5.97 Å². The third-order valence-corrected chi connectivity index (χ3v) is 5.81. The maximum atomic E-state index is 13.4. The van der Waals surface area contributed by atoms with E-state index in [1.54, 1.807) is 44.2 Å². The average molecular weight is 549 g/mol. The van der Waals surface area contributed by atoms with Crippen molar-refractivity contribution < 1.29 is 29.1 Å². The molecule has 0 saturated carbocycles. The first-order chi connectivity index (χ1) is 18.3. The Bertz CT molecular complexity index is 1010. The maximum absolute atomic E-state index is 13.4. The number of nitrogens with two attached hydrogens (primary N) is 4. The van der Waals surface area contributed by atoms with Crippen molar-refractivity contribution in [3.63, 3.8) is 0 Å². The Morgan fingerprint density at radius 2 is 1.41 bits per heavy atom. The summed E-state index contributed by atoms with van der Waals surface area (Å²) in [5, 5.41) is 17.1. The lowest BCUT2D eigenvalue weighted by atomic mass is 10.0. The molecule has 0 aliphatic rings. The minimum absolute atomic E-state index is 0.0496. The van der Waals surface area contributed by atoms with E-state index in [0.717, 1.165) is 5.56 Å². The molecule has 0 aromatic heterocycles. The summed E-state index contributed by atoms with van der Waals surface area (Å²) in [6, 6.07) is 4.38. The summed E-state index contributed by atoms with van der Waals surface area (Å²) in [6.07, 6.45) is -0.0654. The number of aliphatic carboxylic acids is 1. The van der Waals surface area contributed by atoms with E-state index in [2.05, 4.69) is 20.9 Å². The molecule has 14 nitrogen and oxygen atoms in total. The predicted octanol–water partition coefficient (Wildman–Crippen LogP) is -1.93. The molecule has 0 aliphatic heterocycles. The summed E-state index contributed by atoms with van der Waals surface area (Å²) in [6.45, 7) is 3.69. The average Bonchev–Trinajstić information content (AvgIpc) is 2.87. The normalized spacial score (nSPS) is 13.8. The molecule has 1 aromatic rings. The van der Waals surface area contributed by atoms with Crippen molar-refractivity contribution in [1.29, 1.82) is 0 Å². The van der Waals surface area contributed by atoms with Crippen molar-refractivity contribution in [2.45, 2.75) is 70.1 Å². The maximum Gasteiger partial charge on any atom is 0.326 e. The first kappa shape index (κ1) is 32.8. The van der Waals surface area contributed by atoms with Gasteiger partial charge in [0.15, 0.2) is 5.96 Å². The van der Waals surface area contributed by atoms with E-state index < -0.39 is 53.8 Å². The predicted molar refractivity (Wildman–Crippen MR) is 145 cm³/mol. The van der Waals surface area contributed by atoms with Crippen molar-refractivity contribution in [2.24, 2.45) is 33.8 Å². The van der Waals surface area contributed by atoms with Crippen LogP contribution in [0, 0.1) is 5.92 Å². The number of nitrogens with one attached hydrogen (secondary N) is 3. The van der Waals surface area contributed by atoms with Crippen LogP contribution in [0.2, 0.25) is 0 Å². The lowest BCUT2D eigenvalue weighted by Gasteiger charge is -2.26. The molecule has 0 bridgehead atoms. The summed E-state index contributed by atoms with van der Waals surface area (Å²) in [5.41, 5.74) is 22.5. The van der Waals surface area contributed by atoms with Crippen LogP contribution < -0.4 is 38.9 Å². The second-order valence-corrected chi connectivity index (χ2v) is 9.44. The highest BCUT2D eigenvalue weighted by atomic mass is 16.4. The fourth-order valence-electron chi connectivity index (χ4n) is 3.49. The van der Waals surface area contributed by atoms with E-state index in [9.17, 15) is 29.1 Å². The van der Waals surface area contributed by atoms with Gasteiger partial charge in [-0.25, -0.2) is 4.79 Å². The number of hydrogen-bond acceptors (Lipinski definition) is 7. The van der Waals surface area contributed by atoms with Crippen molar-refractivity contribution in [2.75, 3.05) is 6.54 Å². The number of carbonyl (C=O) groups is 5. The Labute approximate surface area is 227 Å². The third-order valence-electron chi connectivity index (χ3n) is 5.81. The minimum atomic E-state index is -1.41. The Balaban J connectivity index is 3.15. The van der Waals surface area contributed by atoms with Crippen LogP contribution >= 0.6 is 0 Å². The molecule has 39 heavy (non-hydrogen) atoms. The van der Waals surface area contributed by atoms with Crippen LogP contribution in [0.3, 0.4) is 0 Å². The first-order valence-corrected chi connectivity index (χ1v) is 12.6. The van der Waals surface area contributed by atoms with Gasteiger partial charge in [-0.2, -0.15) is 0 Å². The van der Waals surface area contributed by atoms with Crippen LogP contribution in [0.15, 0.2) is 35.3 Å². The lowest BCUT2D eigenvalue weighted by molar-refractivity contribution is -0.142. The highest BCUT2D eigenvalue weighted by Crippen LogP contribution is 2.08. The first-order valence-electron chi connectivity index (χ1n) is 12.6. The summed E-state index contributed by atoms with van der Waals surface area (Å²) < 4.78 is 0. The second kappa shape index (κ2) is 16.6. The summed E-state index contributed by atoms with van der Waals surface area (Å²) in [4.78, 5) is 65.7. The quantitative estimate of drug-likeness (QED) is 0.0611. The van der Waals surface area contributed by atoms with Gasteiger partial charge in [-0.1, -0.05) is 44.2 Å². The van der Waals surface area contributed by atoms with Crippen LogP contribution in [0.4, 0.5) is 0 Å². The summed E-state index contributed by atoms with van der Waals surface area (Å²) in [5.74, 6) is -4.43. The Kier molecular flexibility index (Phi) is 14.0. The molecule has 0 spiro atoms. The van der Waals surface area contributed by atoms with Gasteiger partial charge in [-0.15, -0.1) is 0 Å². The molecule has 12 N–H and O–H groups in total. The molecule has 1 aromatic carbocycles. The molecule has 1 rings (SSSR count). The number of carboxylic acid groups (broad SMARTS) is 1. The van der Waals surface area contributed by atoms with E-state index in [1.165, 1.54) is 0 Å². The van der Waals surface area contributed by atoms with Gasteiger partial charge in [0.05, 0.1) is 6.04 Å². The van der Waals surface area contributed by atoms with E-state index in [4.69, 9.17) is 22.9 Å². The van der Waals surface area contributed by atoms with Crippen LogP contribution in [0.1, 0.15) is 45.1 Å². The molecule has 4 atom stereocenters. The number of benzene rings is 1. The van der Waals surface area contributed by atoms with Crippen molar-refractivity contribution in [3.05, 3.63) is 35.9 Å². The molecule has 4 amide bonds. The minimum Gasteiger partial charge on any atom is -0.480 e. The molecular weight excluding hydrogens is 508 g/mol. The highest BCUT2D eigenvalue weighted by Gasteiger charge is 2.31. The molecule has 0 saturated heterocycles. The topological polar surface area (TPSA) is 258 Å². The molecule has 0 fully saturated rings. The van der Waals surface area contributed by atoms with Crippen LogP contribution in [0.5, 0.6) is 0 Å². The van der Waals surface area contributed by atoms with Crippen molar-refractivity contribution >= 4 is 35.6 Å². The lowest BCUT2D eigenvalue weighted by Crippen LogP contribution is -2.58. The Hall–Kier alpha value is -4.20. The van der Waals surface area contributed by atoms with Crippen LogP contribution in [0.25, 0.3) is 0 Å². The number of rotatable bonds is 17. The summed E-state index contributed by atoms with van der Waals surface area (Å²) in [7, 11) is 0. The SMILES string of the molecule is CC(C)C(N)C(=O)NC(Cc1ccccc1)C(=O)NC(CCCN=C(N)N)C(=O)NC(CCC(N)=O)C(=O)O. The number of aliphatic imine (C=N–C) groups is 1. The monoisotopic (exact) mass is 548 g/mol. The number of carboxylic acids is 1. The zero-order chi connectivity index (χ0) is 29.5. The van der Waals surface area contributed by atoms with Gasteiger partial charge in [-0.3, -0.25) is 24.2 Å². The molecule has 0 radical (unpaired) electrons. The van der Waals surface area contributed by atoms with E-state index in [1.807, 2.05) is 0 Å². The number of carbonyl (C=O) groups excluding carboxylic acids is 4. The fraction of sp³-hybridized carbons (Fsp3) is 0.520. The van der Waals surface area contributed by atoms with E-state index >= 15 is 0 Å². The van der Waals surface area contributed by atoms with Crippen LogP contribution in [-0.2, 0) is 30.4 Å². The van der Waals surface area contributed by atoms with Crippen molar-refractivity contribution in [1.82, 2.24) is 16.0 Å². The Morgan fingerprint density at radius 1 is 0.846 bits per heavy atom. The van der Waals surface area contributed by atoms with Crippen LogP contribution in [-0.4, -0.2) is 71.4 Å². The van der Waals surface area contributed by atoms with Gasteiger partial charge in [0.2, 0.25) is 23.6 Å². The molecular formula is C25H40N8O6. The number of amides is 4. The zero-order valence-electron chi connectivity index (χ0n) is 22.3. The molecule has 0 aliphatic carbocycles.